The van der Waals surface area contributed by atoms with E-state index in [0.29, 0.717) is 0 Å². The summed E-state index contributed by atoms with van der Waals surface area (Å²) in [6.07, 6.45) is 10.6. The van der Waals surface area contributed by atoms with Crippen molar-refractivity contribution in [2.24, 2.45) is 0 Å². The summed E-state index contributed by atoms with van der Waals surface area (Å²) in [4.78, 5) is 0. The van der Waals surface area contributed by atoms with Crippen LogP contribution in [0.25, 0.3) is 0 Å². The molecule has 0 aromatic carbocycles. The fraction of sp³-hybridized carbons (Fsp3) is 1.00. The van der Waals surface area contributed by atoms with E-state index >= 15 is 0 Å². The zero-order chi connectivity index (χ0) is 6.86. The third-order valence-corrected chi connectivity index (χ3v) is 4.46. The molecule has 1 aliphatic carbocycles. The molecule has 0 radical (unpaired) electrons. The zero-order valence-corrected chi connectivity index (χ0v) is 7.38. The fourth-order valence-electron chi connectivity index (χ4n) is 1.80. The molecule has 1 heterocycles. The molecule has 1 aliphatic heterocycles. The Hall–Kier alpha value is 0.350. The molecular weight excluding hydrogens is 140 g/mol. The van der Waals surface area contributed by atoms with Crippen LogP contribution in [-0.4, -0.2) is 10.5 Å². The molecule has 1 spiro atoms. The van der Waals surface area contributed by atoms with Crippen molar-refractivity contribution in [3.63, 3.8) is 0 Å². The lowest BCUT2D eigenvalue weighted by molar-refractivity contribution is 0.604. The van der Waals surface area contributed by atoms with Crippen LogP contribution in [0.1, 0.15) is 44.9 Å². The van der Waals surface area contributed by atoms with E-state index in [1.54, 1.807) is 0 Å². The Morgan fingerprint density at radius 2 is 1.60 bits per heavy atom. The van der Waals surface area contributed by atoms with Crippen molar-refractivity contribution in [3.8, 4) is 0 Å². The minimum Gasteiger partial charge on any atom is -0.155 e. The zero-order valence-electron chi connectivity index (χ0n) is 6.57. The number of hydrogen-bond acceptors (Lipinski definition) is 1. The number of rotatable bonds is 0. The topological polar surface area (TPSA) is 0 Å². The quantitative estimate of drug-likeness (QED) is 0.519. The largest absolute Gasteiger partial charge is 0.155 e. The molecular formula is C9H16S. The molecule has 0 atom stereocenters. The molecule has 0 amide bonds. The van der Waals surface area contributed by atoms with Gasteiger partial charge in [-0.2, -0.15) is 11.8 Å². The van der Waals surface area contributed by atoms with Gasteiger partial charge in [0.25, 0.3) is 0 Å². The maximum absolute atomic E-state index is 2.27. The summed E-state index contributed by atoms with van der Waals surface area (Å²) in [6, 6.07) is 0. The highest BCUT2D eigenvalue weighted by Gasteiger charge is 2.42. The van der Waals surface area contributed by atoms with Crippen molar-refractivity contribution in [1.82, 2.24) is 0 Å². The van der Waals surface area contributed by atoms with Gasteiger partial charge in [-0.05, 0) is 31.4 Å². The van der Waals surface area contributed by atoms with Crippen LogP contribution in [0.15, 0.2) is 0 Å². The second-order valence-electron chi connectivity index (χ2n) is 3.70. The van der Waals surface area contributed by atoms with E-state index in [0.717, 1.165) is 4.75 Å². The Kier molecular flexibility index (Phi) is 1.94. The molecule has 0 bridgehead atoms. The van der Waals surface area contributed by atoms with Gasteiger partial charge in [-0.15, -0.1) is 0 Å². The van der Waals surface area contributed by atoms with Crippen molar-refractivity contribution in [1.29, 1.82) is 0 Å². The van der Waals surface area contributed by atoms with Gasteiger partial charge in [-0.25, -0.2) is 0 Å². The molecule has 0 N–H and O–H groups in total. The highest BCUT2D eigenvalue weighted by molar-refractivity contribution is 8.00. The van der Waals surface area contributed by atoms with E-state index in [-0.39, 0.29) is 0 Å². The van der Waals surface area contributed by atoms with E-state index in [4.69, 9.17) is 0 Å². The molecule has 0 nitrogen and oxygen atoms in total. The van der Waals surface area contributed by atoms with Crippen LogP contribution in [-0.2, 0) is 0 Å². The van der Waals surface area contributed by atoms with E-state index in [1.165, 1.54) is 50.7 Å². The molecule has 2 fully saturated rings. The summed E-state index contributed by atoms with van der Waals surface area (Å²) in [5, 5.41) is 0. The van der Waals surface area contributed by atoms with Crippen molar-refractivity contribution in [3.05, 3.63) is 0 Å². The van der Waals surface area contributed by atoms with Crippen LogP contribution in [0, 0.1) is 0 Å². The number of hydrogen-bond donors (Lipinski definition) is 0. The second-order valence-corrected chi connectivity index (χ2v) is 5.26. The summed E-state index contributed by atoms with van der Waals surface area (Å²) in [7, 11) is 0. The highest BCUT2D eigenvalue weighted by Crippen LogP contribution is 2.53. The standard InChI is InChI=1S/C9H16S/c1-2-4-8-10-9(5-3-1)6-7-9/h1-8H2. The average molecular weight is 156 g/mol. The van der Waals surface area contributed by atoms with Gasteiger partial charge in [0.05, 0.1) is 0 Å². The minimum atomic E-state index is 0.820. The number of thioether (sulfide) groups is 1. The molecule has 2 aliphatic rings. The maximum atomic E-state index is 2.27. The van der Waals surface area contributed by atoms with Crippen molar-refractivity contribution in [2.45, 2.75) is 49.7 Å². The van der Waals surface area contributed by atoms with Gasteiger partial charge in [0, 0.05) is 4.75 Å². The van der Waals surface area contributed by atoms with E-state index < -0.39 is 0 Å². The average Bonchev–Trinajstić information content (AvgIpc) is 2.61. The van der Waals surface area contributed by atoms with Gasteiger partial charge in [0.2, 0.25) is 0 Å². The van der Waals surface area contributed by atoms with Gasteiger partial charge >= 0.3 is 0 Å². The van der Waals surface area contributed by atoms with Gasteiger partial charge < -0.3 is 0 Å². The lowest BCUT2D eigenvalue weighted by Gasteiger charge is -2.17. The molecule has 0 aromatic rings. The summed E-state index contributed by atoms with van der Waals surface area (Å²) in [5.41, 5.74) is 0. The molecule has 1 saturated heterocycles. The summed E-state index contributed by atoms with van der Waals surface area (Å²) in [5.74, 6) is 1.44. The van der Waals surface area contributed by atoms with Crippen molar-refractivity contribution < 1.29 is 0 Å². The van der Waals surface area contributed by atoms with Gasteiger partial charge in [-0.3, -0.25) is 0 Å². The van der Waals surface area contributed by atoms with Crippen molar-refractivity contribution >= 4 is 11.8 Å². The van der Waals surface area contributed by atoms with E-state index in [9.17, 15) is 0 Å². The first kappa shape index (κ1) is 7.02. The Morgan fingerprint density at radius 3 is 2.40 bits per heavy atom. The Bertz CT molecular complexity index is 106. The first-order chi connectivity index (χ1) is 4.91. The summed E-state index contributed by atoms with van der Waals surface area (Å²) in [6.45, 7) is 0. The van der Waals surface area contributed by atoms with E-state index in [2.05, 4.69) is 11.8 Å². The highest BCUT2D eigenvalue weighted by atomic mass is 32.2. The molecule has 0 aromatic heterocycles. The molecule has 58 valence electrons. The lowest BCUT2D eigenvalue weighted by atomic mass is 10.1. The van der Waals surface area contributed by atoms with Crippen LogP contribution in [0.4, 0.5) is 0 Å². The summed E-state index contributed by atoms with van der Waals surface area (Å²) < 4.78 is 0.820. The predicted octanol–water partition coefficient (Wildman–Crippen LogP) is 3.22. The molecule has 1 heteroatoms. The monoisotopic (exact) mass is 156 g/mol. The van der Waals surface area contributed by atoms with E-state index in [1.807, 2.05) is 0 Å². The minimum absolute atomic E-state index is 0.820. The van der Waals surface area contributed by atoms with Crippen LogP contribution >= 0.6 is 11.8 Å². The predicted molar refractivity (Wildman–Crippen MR) is 47.5 cm³/mol. The Labute approximate surface area is 67.8 Å². The smallest absolute Gasteiger partial charge is 0.0161 e. The second kappa shape index (κ2) is 2.77. The van der Waals surface area contributed by atoms with Crippen LogP contribution in [0.3, 0.4) is 0 Å². The summed E-state index contributed by atoms with van der Waals surface area (Å²) >= 11 is 2.27. The van der Waals surface area contributed by atoms with Gasteiger partial charge in [0.15, 0.2) is 0 Å². The van der Waals surface area contributed by atoms with Crippen molar-refractivity contribution in [2.75, 3.05) is 5.75 Å². The van der Waals surface area contributed by atoms with Gasteiger partial charge in [0.1, 0.15) is 0 Å². The SMILES string of the molecule is C1CCCC2(CC2)SCC1. The third-order valence-electron chi connectivity index (χ3n) is 2.74. The first-order valence-electron chi connectivity index (χ1n) is 4.55. The Morgan fingerprint density at radius 1 is 0.800 bits per heavy atom. The Balaban J connectivity index is 1.84. The van der Waals surface area contributed by atoms with Crippen LogP contribution < -0.4 is 0 Å². The van der Waals surface area contributed by atoms with Crippen LogP contribution in [0.5, 0.6) is 0 Å². The molecule has 0 unspecified atom stereocenters. The van der Waals surface area contributed by atoms with Gasteiger partial charge in [-0.1, -0.05) is 19.3 Å². The maximum Gasteiger partial charge on any atom is 0.0161 e. The molecule has 1 saturated carbocycles. The molecule has 2 rings (SSSR count). The first-order valence-corrected chi connectivity index (χ1v) is 5.54. The normalized spacial score (nSPS) is 31.2. The molecule has 10 heavy (non-hydrogen) atoms. The lowest BCUT2D eigenvalue weighted by Crippen LogP contribution is -2.06. The fourth-order valence-corrected chi connectivity index (χ4v) is 3.26. The third kappa shape index (κ3) is 1.50. The van der Waals surface area contributed by atoms with Crippen LogP contribution in [0.2, 0.25) is 0 Å².